The summed E-state index contributed by atoms with van der Waals surface area (Å²) in [6.07, 6.45) is 13.7. The molecule has 7 fully saturated rings. The number of aliphatic hydroxyl groups excluding tert-OH is 1. The maximum atomic E-state index is 13.3. The van der Waals surface area contributed by atoms with Gasteiger partial charge < -0.3 is 14.6 Å². The van der Waals surface area contributed by atoms with E-state index in [1.165, 1.54) is 19.3 Å². The van der Waals surface area contributed by atoms with Crippen LogP contribution in [0.5, 0.6) is 0 Å². The van der Waals surface area contributed by atoms with Crippen LogP contribution in [0.1, 0.15) is 57.8 Å². The van der Waals surface area contributed by atoms with Gasteiger partial charge in [0.2, 0.25) is 0 Å². The van der Waals surface area contributed by atoms with E-state index in [-0.39, 0.29) is 17.4 Å². The second-order valence-corrected chi connectivity index (χ2v) is 10.7. The van der Waals surface area contributed by atoms with E-state index >= 15 is 0 Å². The van der Waals surface area contributed by atoms with Crippen LogP contribution >= 0.6 is 0 Å². The van der Waals surface area contributed by atoms with Gasteiger partial charge in [-0.2, -0.15) is 0 Å². The van der Waals surface area contributed by atoms with E-state index in [9.17, 15) is 9.90 Å². The first-order valence-electron chi connectivity index (χ1n) is 11.2. The third kappa shape index (κ3) is 2.63. The largest absolute Gasteiger partial charge is 0.392 e. The van der Waals surface area contributed by atoms with Gasteiger partial charge in [-0.05, 0) is 80.6 Å². The lowest BCUT2D eigenvalue weighted by Gasteiger charge is -2.55. The maximum absolute atomic E-state index is 13.3. The summed E-state index contributed by atoms with van der Waals surface area (Å²) in [5.74, 6) is 3.27. The number of ketones is 1. The molecule has 0 aromatic carbocycles. The second kappa shape index (κ2) is 5.90. The number of hydrogen-bond donors (Lipinski definition) is 1. The molecule has 7 aliphatic rings. The van der Waals surface area contributed by atoms with Crippen LogP contribution in [0.25, 0.3) is 0 Å². The molecule has 27 heavy (non-hydrogen) atoms. The predicted octanol–water partition coefficient (Wildman–Crippen LogP) is 3.48. The van der Waals surface area contributed by atoms with Crippen molar-refractivity contribution in [1.29, 1.82) is 0 Å². The molecule has 4 heteroatoms. The SMILES string of the molecule is O=C(C=C[C@@H]1[C@@H]2CC3(C[C@@H]2C[C@H]1O)OCCO3)C12CC3CC(CC(C3)C1)C2. The zero-order valence-corrected chi connectivity index (χ0v) is 16.1. The summed E-state index contributed by atoms with van der Waals surface area (Å²) < 4.78 is 11.8. The minimum Gasteiger partial charge on any atom is -0.392 e. The standard InChI is InChI=1S/C23H32O4/c24-20-8-17-12-23(26-3-4-27-23)13-19(17)18(20)1-2-21(25)22-9-14-5-15(10-22)7-16(6-14)11-22/h1-2,14-20,24H,3-13H2/t14?,15?,16?,17-,18+,19+,20+,22?/m0/s1. The molecular formula is C23H32O4. The van der Waals surface area contributed by atoms with Gasteiger partial charge in [-0.25, -0.2) is 0 Å². The van der Waals surface area contributed by atoms with Gasteiger partial charge in [-0.3, -0.25) is 4.79 Å². The number of fused-ring (bicyclic) bond motifs is 1. The van der Waals surface area contributed by atoms with Crippen molar-refractivity contribution < 1.29 is 19.4 Å². The molecule has 4 bridgehead atoms. The highest BCUT2D eigenvalue weighted by atomic mass is 16.7. The molecule has 7 rings (SSSR count). The number of allylic oxidation sites excluding steroid dienone is 1. The van der Waals surface area contributed by atoms with Gasteiger partial charge in [0.15, 0.2) is 11.6 Å². The molecule has 0 unspecified atom stereocenters. The van der Waals surface area contributed by atoms with Crippen molar-refractivity contribution in [2.75, 3.05) is 13.2 Å². The van der Waals surface area contributed by atoms with E-state index in [1.54, 1.807) is 0 Å². The van der Waals surface area contributed by atoms with E-state index in [0.717, 1.165) is 56.3 Å². The highest BCUT2D eigenvalue weighted by Crippen LogP contribution is 2.60. The van der Waals surface area contributed by atoms with Crippen LogP contribution < -0.4 is 0 Å². The van der Waals surface area contributed by atoms with Gasteiger partial charge >= 0.3 is 0 Å². The predicted molar refractivity (Wildman–Crippen MR) is 99.7 cm³/mol. The first kappa shape index (κ1) is 17.2. The van der Waals surface area contributed by atoms with Crippen LogP contribution in [0.3, 0.4) is 0 Å². The minimum absolute atomic E-state index is 0.0667. The zero-order chi connectivity index (χ0) is 18.2. The zero-order valence-electron chi connectivity index (χ0n) is 16.1. The molecule has 4 nitrogen and oxygen atoms in total. The van der Waals surface area contributed by atoms with Gasteiger partial charge in [-0.15, -0.1) is 0 Å². The first-order valence-corrected chi connectivity index (χ1v) is 11.2. The maximum Gasteiger partial charge on any atom is 0.169 e. The molecule has 1 spiro atoms. The van der Waals surface area contributed by atoms with Gasteiger partial charge in [-0.1, -0.05) is 6.08 Å². The van der Waals surface area contributed by atoms with Crippen LogP contribution in [-0.2, 0) is 14.3 Å². The van der Waals surface area contributed by atoms with E-state index in [1.807, 2.05) is 6.08 Å². The van der Waals surface area contributed by atoms with Gasteiger partial charge in [0, 0.05) is 24.2 Å². The van der Waals surface area contributed by atoms with Crippen molar-refractivity contribution in [2.45, 2.75) is 69.7 Å². The average molecular weight is 373 g/mol. The van der Waals surface area contributed by atoms with Crippen LogP contribution in [0.15, 0.2) is 12.2 Å². The molecule has 0 aromatic rings. The molecule has 148 valence electrons. The number of ether oxygens (including phenoxy) is 2. The molecule has 1 aliphatic heterocycles. The van der Waals surface area contributed by atoms with Crippen molar-refractivity contribution >= 4 is 5.78 Å². The quantitative estimate of drug-likeness (QED) is 0.771. The molecule has 1 heterocycles. The van der Waals surface area contributed by atoms with Crippen molar-refractivity contribution in [3.05, 3.63) is 12.2 Å². The highest BCUT2D eigenvalue weighted by molar-refractivity contribution is 5.95. The van der Waals surface area contributed by atoms with Crippen LogP contribution in [0.2, 0.25) is 0 Å². The Morgan fingerprint density at radius 2 is 1.52 bits per heavy atom. The molecule has 1 saturated heterocycles. The number of aliphatic hydroxyl groups is 1. The molecule has 0 radical (unpaired) electrons. The van der Waals surface area contributed by atoms with Gasteiger partial charge in [0.1, 0.15) is 0 Å². The monoisotopic (exact) mass is 372 g/mol. The normalized spacial score (nSPS) is 52.3. The number of rotatable bonds is 3. The van der Waals surface area contributed by atoms with Crippen LogP contribution in [-0.4, -0.2) is 36.0 Å². The lowest BCUT2D eigenvalue weighted by Crippen LogP contribution is -2.49. The van der Waals surface area contributed by atoms with Crippen LogP contribution in [0.4, 0.5) is 0 Å². The summed E-state index contributed by atoms with van der Waals surface area (Å²) in [6, 6.07) is 0. The third-order valence-corrected chi connectivity index (χ3v) is 9.05. The molecule has 4 atom stereocenters. The second-order valence-electron chi connectivity index (χ2n) is 10.7. The lowest BCUT2D eigenvalue weighted by molar-refractivity contribution is -0.157. The third-order valence-electron chi connectivity index (χ3n) is 9.05. The fourth-order valence-electron chi connectivity index (χ4n) is 8.41. The van der Waals surface area contributed by atoms with E-state index in [4.69, 9.17) is 9.47 Å². The Balaban J connectivity index is 1.19. The number of hydrogen-bond acceptors (Lipinski definition) is 4. The van der Waals surface area contributed by atoms with Crippen molar-refractivity contribution in [1.82, 2.24) is 0 Å². The van der Waals surface area contributed by atoms with E-state index in [2.05, 4.69) is 6.08 Å². The van der Waals surface area contributed by atoms with E-state index < -0.39 is 5.79 Å². The Labute approximate surface area is 161 Å². The summed E-state index contributed by atoms with van der Waals surface area (Å²) >= 11 is 0. The number of carbonyl (C=O) groups excluding carboxylic acids is 1. The first-order chi connectivity index (χ1) is 13.0. The smallest absolute Gasteiger partial charge is 0.169 e. The van der Waals surface area contributed by atoms with E-state index in [0.29, 0.717) is 30.8 Å². The summed E-state index contributed by atoms with van der Waals surface area (Å²) in [4.78, 5) is 13.3. The molecule has 1 N–H and O–H groups in total. The molecule has 6 saturated carbocycles. The Bertz CT molecular complexity index is 626. The molecular weight excluding hydrogens is 340 g/mol. The van der Waals surface area contributed by atoms with Crippen molar-refractivity contribution in [3.63, 3.8) is 0 Å². The highest BCUT2D eigenvalue weighted by Gasteiger charge is 2.56. The Morgan fingerprint density at radius 3 is 2.15 bits per heavy atom. The molecule has 0 amide bonds. The van der Waals surface area contributed by atoms with Crippen molar-refractivity contribution in [3.8, 4) is 0 Å². The fraction of sp³-hybridized carbons (Fsp3) is 0.870. The topological polar surface area (TPSA) is 55.8 Å². The van der Waals surface area contributed by atoms with Gasteiger partial charge in [0.25, 0.3) is 0 Å². The Kier molecular flexibility index (Phi) is 3.75. The van der Waals surface area contributed by atoms with Gasteiger partial charge in [0.05, 0.1) is 19.3 Å². The fourth-order valence-corrected chi connectivity index (χ4v) is 8.41. The average Bonchev–Trinajstić information content (AvgIpc) is 3.28. The van der Waals surface area contributed by atoms with Crippen molar-refractivity contribution in [2.24, 2.45) is 40.9 Å². The molecule has 0 aromatic heterocycles. The lowest BCUT2D eigenvalue weighted by atomic mass is 9.48. The minimum atomic E-state index is -0.397. The summed E-state index contributed by atoms with van der Waals surface area (Å²) in [5, 5.41) is 10.6. The molecule has 6 aliphatic carbocycles. The number of carbonyl (C=O) groups is 1. The summed E-state index contributed by atoms with van der Waals surface area (Å²) in [5.41, 5.74) is -0.0667. The Hall–Kier alpha value is -0.710. The van der Waals surface area contributed by atoms with Crippen LogP contribution in [0, 0.1) is 40.9 Å². The summed E-state index contributed by atoms with van der Waals surface area (Å²) in [7, 11) is 0. The summed E-state index contributed by atoms with van der Waals surface area (Å²) in [6.45, 7) is 1.38. The Morgan fingerprint density at radius 1 is 0.889 bits per heavy atom.